The molecule has 3 N–H and O–H groups in total. The first-order valence-corrected chi connectivity index (χ1v) is 7.52. The second kappa shape index (κ2) is 7.33. The molecule has 0 aromatic heterocycles. The van der Waals surface area contributed by atoms with Gasteiger partial charge in [-0.3, -0.25) is 14.4 Å². The molecule has 24 heavy (non-hydrogen) atoms. The number of carbonyl (C=O) groups is 3. The van der Waals surface area contributed by atoms with Crippen molar-refractivity contribution < 1.29 is 14.4 Å². The lowest BCUT2D eigenvalue weighted by Crippen LogP contribution is -2.42. The van der Waals surface area contributed by atoms with Gasteiger partial charge in [0.2, 0.25) is 5.91 Å². The molecule has 6 nitrogen and oxygen atoms in total. The molecule has 0 heterocycles. The summed E-state index contributed by atoms with van der Waals surface area (Å²) in [5, 5.41) is 2.88. The zero-order valence-corrected chi connectivity index (χ0v) is 14.1. The number of nitrogens with two attached hydrogens (primary N) is 1. The SMILES string of the molecule is CC(=O)N(C(=O)C(=O)Nc1cc(Cl)ccc1Cl)c1cccc(N)c1. The molecule has 0 unspecified atom stereocenters. The van der Waals surface area contributed by atoms with Gasteiger partial charge in [-0.05, 0) is 36.4 Å². The van der Waals surface area contributed by atoms with E-state index in [9.17, 15) is 14.4 Å². The lowest BCUT2D eigenvalue weighted by molar-refractivity contribution is -0.136. The molecule has 2 aromatic rings. The summed E-state index contributed by atoms with van der Waals surface area (Å²) in [6.45, 7) is 1.17. The molecule has 0 spiro atoms. The van der Waals surface area contributed by atoms with E-state index in [4.69, 9.17) is 28.9 Å². The Labute approximate surface area is 148 Å². The van der Waals surface area contributed by atoms with Gasteiger partial charge in [0.1, 0.15) is 0 Å². The maximum atomic E-state index is 12.4. The molecule has 0 aliphatic heterocycles. The summed E-state index contributed by atoms with van der Waals surface area (Å²) >= 11 is 11.8. The summed E-state index contributed by atoms with van der Waals surface area (Å²) in [5.41, 5.74) is 6.36. The van der Waals surface area contributed by atoms with Gasteiger partial charge in [-0.15, -0.1) is 0 Å². The van der Waals surface area contributed by atoms with E-state index in [2.05, 4.69) is 5.32 Å². The highest BCUT2D eigenvalue weighted by Crippen LogP contribution is 2.26. The maximum Gasteiger partial charge on any atom is 0.323 e. The minimum absolute atomic E-state index is 0.165. The number of benzene rings is 2. The van der Waals surface area contributed by atoms with Crippen LogP contribution in [0.5, 0.6) is 0 Å². The molecular formula is C16H13Cl2N3O3. The molecule has 0 aliphatic rings. The molecule has 0 bridgehead atoms. The van der Waals surface area contributed by atoms with E-state index >= 15 is 0 Å². The van der Waals surface area contributed by atoms with E-state index in [0.29, 0.717) is 10.7 Å². The fraction of sp³-hybridized carbons (Fsp3) is 0.0625. The number of nitrogens with one attached hydrogen (secondary N) is 1. The van der Waals surface area contributed by atoms with Crippen molar-refractivity contribution in [3.8, 4) is 0 Å². The molecule has 0 atom stereocenters. The van der Waals surface area contributed by atoms with Crippen molar-refractivity contribution in [3.05, 3.63) is 52.5 Å². The summed E-state index contributed by atoms with van der Waals surface area (Å²) in [6.07, 6.45) is 0. The van der Waals surface area contributed by atoms with Crippen LogP contribution in [0.3, 0.4) is 0 Å². The Balaban J connectivity index is 2.28. The van der Waals surface area contributed by atoms with Gasteiger partial charge < -0.3 is 11.1 Å². The normalized spacial score (nSPS) is 10.1. The summed E-state index contributed by atoms with van der Waals surface area (Å²) in [7, 11) is 0. The number of rotatable bonds is 2. The summed E-state index contributed by atoms with van der Waals surface area (Å²) in [5.74, 6) is -2.72. The average molecular weight is 366 g/mol. The van der Waals surface area contributed by atoms with E-state index in [1.807, 2.05) is 0 Å². The maximum absolute atomic E-state index is 12.4. The van der Waals surface area contributed by atoms with Crippen molar-refractivity contribution in [1.29, 1.82) is 0 Å². The number of carbonyl (C=O) groups excluding carboxylic acids is 3. The van der Waals surface area contributed by atoms with E-state index in [1.54, 1.807) is 12.1 Å². The third-order valence-corrected chi connectivity index (χ3v) is 3.58. The Bertz CT molecular complexity index is 824. The van der Waals surface area contributed by atoms with Crippen LogP contribution in [-0.2, 0) is 14.4 Å². The highest BCUT2D eigenvalue weighted by molar-refractivity contribution is 6.49. The van der Waals surface area contributed by atoms with Gasteiger partial charge >= 0.3 is 11.8 Å². The Morgan fingerprint density at radius 3 is 2.42 bits per heavy atom. The number of amides is 3. The monoisotopic (exact) mass is 365 g/mol. The van der Waals surface area contributed by atoms with Gasteiger partial charge in [0.05, 0.1) is 16.4 Å². The van der Waals surface area contributed by atoms with Crippen molar-refractivity contribution in [1.82, 2.24) is 0 Å². The van der Waals surface area contributed by atoms with Crippen molar-refractivity contribution in [3.63, 3.8) is 0 Å². The molecular weight excluding hydrogens is 353 g/mol. The van der Waals surface area contributed by atoms with E-state index < -0.39 is 17.7 Å². The fourth-order valence-corrected chi connectivity index (χ4v) is 2.31. The lowest BCUT2D eigenvalue weighted by Gasteiger charge is -2.19. The Morgan fingerprint density at radius 1 is 1.08 bits per heavy atom. The van der Waals surface area contributed by atoms with Gasteiger partial charge in [0.25, 0.3) is 0 Å². The molecule has 124 valence electrons. The Morgan fingerprint density at radius 2 is 1.79 bits per heavy atom. The van der Waals surface area contributed by atoms with Gasteiger partial charge in [0, 0.05) is 17.6 Å². The third kappa shape index (κ3) is 4.04. The summed E-state index contributed by atoms with van der Waals surface area (Å²) in [6, 6.07) is 10.5. The first-order valence-electron chi connectivity index (χ1n) is 6.76. The molecule has 8 heteroatoms. The number of nitrogen functional groups attached to an aromatic ring is 1. The van der Waals surface area contributed by atoms with Crippen LogP contribution in [0.15, 0.2) is 42.5 Å². The summed E-state index contributed by atoms with van der Waals surface area (Å²) in [4.78, 5) is 37.1. The number of hydrogen-bond acceptors (Lipinski definition) is 4. The second-order valence-electron chi connectivity index (χ2n) is 4.83. The van der Waals surface area contributed by atoms with Gasteiger partial charge in [-0.1, -0.05) is 29.3 Å². The Kier molecular flexibility index (Phi) is 5.43. The fourth-order valence-electron chi connectivity index (χ4n) is 1.98. The van der Waals surface area contributed by atoms with Crippen LogP contribution in [-0.4, -0.2) is 17.7 Å². The number of hydrogen-bond donors (Lipinski definition) is 2. The first-order chi connectivity index (χ1) is 11.3. The number of halogens is 2. The predicted octanol–water partition coefficient (Wildman–Crippen LogP) is 3.09. The molecule has 0 aliphatic carbocycles. The minimum atomic E-state index is -1.07. The van der Waals surface area contributed by atoms with Crippen LogP contribution in [0.4, 0.5) is 17.1 Å². The lowest BCUT2D eigenvalue weighted by atomic mass is 10.2. The molecule has 0 saturated heterocycles. The number of anilines is 3. The molecule has 0 radical (unpaired) electrons. The van der Waals surface area contributed by atoms with E-state index in [-0.39, 0.29) is 16.4 Å². The zero-order chi connectivity index (χ0) is 17.9. The van der Waals surface area contributed by atoms with Crippen LogP contribution in [0.1, 0.15) is 6.92 Å². The van der Waals surface area contributed by atoms with E-state index in [1.165, 1.54) is 37.3 Å². The quantitative estimate of drug-likeness (QED) is 0.631. The topological polar surface area (TPSA) is 92.5 Å². The largest absolute Gasteiger partial charge is 0.399 e. The van der Waals surface area contributed by atoms with E-state index in [0.717, 1.165) is 4.90 Å². The highest BCUT2D eigenvalue weighted by atomic mass is 35.5. The van der Waals surface area contributed by atoms with Crippen molar-refractivity contribution >= 4 is 58.0 Å². The first kappa shape index (κ1) is 17.8. The van der Waals surface area contributed by atoms with Crippen LogP contribution in [0, 0.1) is 0 Å². The third-order valence-electron chi connectivity index (χ3n) is 3.02. The number of imide groups is 1. The van der Waals surface area contributed by atoms with Crippen molar-refractivity contribution in [2.24, 2.45) is 0 Å². The minimum Gasteiger partial charge on any atom is -0.399 e. The molecule has 3 amide bonds. The smallest absolute Gasteiger partial charge is 0.323 e. The molecule has 2 aromatic carbocycles. The highest BCUT2D eigenvalue weighted by Gasteiger charge is 2.27. The zero-order valence-electron chi connectivity index (χ0n) is 12.5. The molecule has 2 rings (SSSR count). The van der Waals surface area contributed by atoms with Crippen LogP contribution < -0.4 is 16.0 Å². The van der Waals surface area contributed by atoms with Crippen LogP contribution >= 0.6 is 23.2 Å². The standard InChI is InChI=1S/C16H13Cl2N3O3/c1-9(22)21(12-4-2-3-11(19)8-12)16(24)15(23)20-14-7-10(17)5-6-13(14)18/h2-8H,19H2,1H3,(H,20,23). The van der Waals surface area contributed by atoms with Crippen molar-refractivity contribution in [2.45, 2.75) is 6.92 Å². The van der Waals surface area contributed by atoms with Crippen LogP contribution in [0.2, 0.25) is 10.0 Å². The molecule has 0 fully saturated rings. The number of nitrogens with zero attached hydrogens (tertiary/aromatic N) is 1. The Hall–Kier alpha value is -2.57. The van der Waals surface area contributed by atoms with Gasteiger partial charge in [0.15, 0.2) is 0 Å². The van der Waals surface area contributed by atoms with Gasteiger partial charge in [-0.25, -0.2) is 4.90 Å². The van der Waals surface area contributed by atoms with Crippen LogP contribution in [0.25, 0.3) is 0 Å². The second-order valence-corrected chi connectivity index (χ2v) is 5.68. The predicted molar refractivity (Wildman–Crippen MR) is 94.1 cm³/mol. The van der Waals surface area contributed by atoms with Gasteiger partial charge in [-0.2, -0.15) is 0 Å². The average Bonchev–Trinajstić information content (AvgIpc) is 2.50. The molecule has 0 saturated carbocycles. The van der Waals surface area contributed by atoms with Crippen molar-refractivity contribution in [2.75, 3.05) is 16.0 Å². The summed E-state index contributed by atoms with van der Waals surface area (Å²) < 4.78 is 0.